The average Bonchev–Trinajstić information content (AvgIpc) is 3.59. The maximum absolute atomic E-state index is 13.9. The van der Waals surface area contributed by atoms with Crippen molar-refractivity contribution < 1.29 is 23.5 Å². The molecule has 4 aliphatic rings. The molecule has 0 unspecified atom stereocenters. The van der Waals surface area contributed by atoms with E-state index in [0.717, 1.165) is 0 Å². The molecule has 1 N–H and O–H groups in total. The van der Waals surface area contributed by atoms with Crippen molar-refractivity contribution in [1.82, 2.24) is 4.90 Å². The number of hydrogen-bond donors (Lipinski definition) is 1. The molecule has 0 saturated carbocycles. The van der Waals surface area contributed by atoms with Crippen LogP contribution < -0.4 is 5.32 Å². The number of piperidine rings is 1. The second-order valence-corrected chi connectivity index (χ2v) is 10.2. The molecule has 7 atom stereocenters. The number of ether oxygens (including phenoxy) is 1. The third-order valence-corrected chi connectivity index (χ3v) is 8.10. The van der Waals surface area contributed by atoms with Gasteiger partial charge in [-0.1, -0.05) is 45.1 Å². The molecular weight excluding hydrogens is 432 g/mol. The van der Waals surface area contributed by atoms with Crippen LogP contribution in [0, 0.1) is 17.8 Å². The Morgan fingerprint density at radius 2 is 1.94 bits per heavy atom. The molecule has 6 rings (SSSR count). The van der Waals surface area contributed by atoms with E-state index in [-0.39, 0.29) is 24.0 Å². The standard InChI is InChI=1S/C27H28N2O5/c1-14(2)16-6-8-17(9-7-16)28-25(31)22-21-10-11-27(34-21)23(22)26(32)29-18(20-5-4-12-33-20)13-19(30)15(3)24(27)29/h4-12,14-15,18,21-24H,13H2,1-3H3,(H,28,31)/t15-,18+,21-,22-,23-,24+,27-/m0/s1. The van der Waals surface area contributed by atoms with Gasteiger partial charge < -0.3 is 19.4 Å². The number of nitrogens with zero attached hydrogens (tertiary/aromatic N) is 1. The van der Waals surface area contributed by atoms with Crippen molar-refractivity contribution >= 4 is 23.3 Å². The first-order valence-corrected chi connectivity index (χ1v) is 12.0. The summed E-state index contributed by atoms with van der Waals surface area (Å²) in [6, 6.07) is 10.4. The molecule has 2 aromatic rings. The fourth-order valence-electron chi connectivity index (χ4n) is 6.44. The first-order chi connectivity index (χ1) is 16.3. The maximum atomic E-state index is 13.9. The summed E-state index contributed by atoms with van der Waals surface area (Å²) in [5.74, 6) is -1.05. The van der Waals surface area contributed by atoms with Gasteiger partial charge in [-0.15, -0.1) is 0 Å². The van der Waals surface area contributed by atoms with E-state index >= 15 is 0 Å². The molecule has 1 spiro atoms. The Hall–Kier alpha value is -3.19. The third kappa shape index (κ3) is 2.83. The lowest BCUT2D eigenvalue weighted by Gasteiger charge is -2.43. The zero-order valence-electron chi connectivity index (χ0n) is 19.4. The Kier molecular flexibility index (Phi) is 4.65. The van der Waals surface area contributed by atoms with Crippen LogP contribution in [-0.4, -0.2) is 40.2 Å². The Labute approximate surface area is 198 Å². The number of Topliss-reactive ketones (excluding diaryl/α,β-unsaturated/α-hetero) is 1. The van der Waals surface area contributed by atoms with Gasteiger partial charge in [-0.05, 0) is 35.7 Å². The van der Waals surface area contributed by atoms with Gasteiger partial charge in [-0.3, -0.25) is 14.4 Å². The molecule has 3 fully saturated rings. The average molecular weight is 461 g/mol. The van der Waals surface area contributed by atoms with Crippen molar-refractivity contribution in [3.8, 4) is 0 Å². The molecule has 5 heterocycles. The molecule has 3 saturated heterocycles. The third-order valence-electron chi connectivity index (χ3n) is 8.10. The smallest absolute Gasteiger partial charge is 0.231 e. The first kappa shape index (κ1) is 21.4. The van der Waals surface area contributed by atoms with Gasteiger partial charge in [0.15, 0.2) is 0 Å². The van der Waals surface area contributed by atoms with Crippen LogP contribution in [0.4, 0.5) is 5.69 Å². The van der Waals surface area contributed by atoms with Gasteiger partial charge in [0.25, 0.3) is 0 Å². The molecule has 176 valence electrons. The normalized spacial score (nSPS) is 35.7. The maximum Gasteiger partial charge on any atom is 0.231 e. The Bertz CT molecular complexity index is 1180. The second kappa shape index (κ2) is 7.40. The number of furan rings is 1. The van der Waals surface area contributed by atoms with Crippen LogP contribution in [0.1, 0.15) is 50.5 Å². The summed E-state index contributed by atoms with van der Waals surface area (Å²) >= 11 is 0. The van der Waals surface area contributed by atoms with Crippen molar-refractivity contribution in [3.05, 3.63) is 66.1 Å². The summed E-state index contributed by atoms with van der Waals surface area (Å²) in [5.41, 5.74) is 0.898. The molecule has 0 radical (unpaired) electrons. The molecule has 4 aliphatic heterocycles. The van der Waals surface area contributed by atoms with Crippen LogP contribution in [0.5, 0.6) is 0 Å². The lowest BCUT2D eigenvalue weighted by Crippen LogP contribution is -2.55. The number of carbonyl (C=O) groups excluding carboxylic acids is 3. The lowest BCUT2D eigenvalue weighted by molar-refractivity contribution is -0.147. The summed E-state index contributed by atoms with van der Waals surface area (Å²) in [7, 11) is 0. The quantitative estimate of drug-likeness (QED) is 0.701. The first-order valence-electron chi connectivity index (χ1n) is 12.0. The predicted octanol–water partition coefficient (Wildman–Crippen LogP) is 3.84. The SMILES string of the molecule is CC(C)c1ccc(NC(=O)[C@H]2[C@@H]3C=C[C@]4(O3)[C@@H]2C(=O)N2[C@@H](c3ccco3)CC(=O)[C@H](C)[C@@H]24)cc1. The van der Waals surface area contributed by atoms with Crippen molar-refractivity contribution in [2.45, 2.75) is 56.9 Å². The molecule has 1 aromatic carbocycles. The highest BCUT2D eigenvalue weighted by atomic mass is 16.5. The molecule has 2 bridgehead atoms. The molecule has 7 heteroatoms. The van der Waals surface area contributed by atoms with Gasteiger partial charge in [0, 0.05) is 18.0 Å². The summed E-state index contributed by atoms with van der Waals surface area (Å²) in [4.78, 5) is 42.2. The highest BCUT2D eigenvalue weighted by Crippen LogP contribution is 2.60. The molecule has 1 aromatic heterocycles. The van der Waals surface area contributed by atoms with Crippen molar-refractivity contribution in [2.75, 3.05) is 5.32 Å². The monoisotopic (exact) mass is 460 g/mol. The van der Waals surface area contributed by atoms with Gasteiger partial charge >= 0.3 is 0 Å². The highest BCUT2D eigenvalue weighted by Gasteiger charge is 2.74. The number of amides is 2. The zero-order chi connectivity index (χ0) is 23.8. The number of anilines is 1. The van der Waals surface area contributed by atoms with Crippen LogP contribution in [0.3, 0.4) is 0 Å². The van der Waals surface area contributed by atoms with E-state index in [1.807, 2.05) is 43.3 Å². The van der Waals surface area contributed by atoms with Crippen molar-refractivity contribution in [2.24, 2.45) is 17.8 Å². The molecule has 7 nitrogen and oxygen atoms in total. The minimum absolute atomic E-state index is 0.0732. The van der Waals surface area contributed by atoms with Crippen LogP contribution in [0.2, 0.25) is 0 Å². The number of rotatable bonds is 4. The molecular formula is C27H28N2O5. The Morgan fingerprint density at radius 3 is 2.62 bits per heavy atom. The minimum atomic E-state index is -0.981. The van der Waals surface area contributed by atoms with Crippen LogP contribution in [-0.2, 0) is 19.1 Å². The number of hydrogen-bond acceptors (Lipinski definition) is 5. The molecule has 2 amide bonds. The van der Waals surface area contributed by atoms with Crippen molar-refractivity contribution in [3.63, 3.8) is 0 Å². The number of ketones is 1. The van der Waals surface area contributed by atoms with E-state index in [2.05, 4.69) is 19.2 Å². The van der Waals surface area contributed by atoms with Gasteiger partial charge in [0.2, 0.25) is 11.8 Å². The van der Waals surface area contributed by atoms with E-state index in [1.165, 1.54) is 5.56 Å². The van der Waals surface area contributed by atoms with Gasteiger partial charge in [-0.2, -0.15) is 0 Å². The number of fused-ring (bicyclic) bond motifs is 2. The zero-order valence-corrected chi connectivity index (χ0v) is 19.4. The van der Waals surface area contributed by atoms with E-state index < -0.39 is 41.5 Å². The van der Waals surface area contributed by atoms with E-state index in [9.17, 15) is 14.4 Å². The van der Waals surface area contributed by atoms with Crippen LogP contribution in [0.25, 0.3) is 0 Å². The highest BCUT2D eigenvalue weighted by molar-refractivity contribution is 6.00. The van der Waals surface area contributed by atoms with Gasteiger partial charge in [0.1, 0.15) is 17.1 Å². The molecule has 0 aliphatic carbocycles. The lowest BCUT2D eigenvalue weighted by atomic mass is 9.70. The van der Waals surface area contributed by atoms with Crippen LogP contribution in [0.15, 0.2) is 59.2 Å². The van der Waals surface area contributed by atoms with Crippen LogP contribution >= 0.6 is 0 Å². The van der Waals surface area contributed by atoms with Crippen molar-refractivity contribution in [1.29, 1.82) is 0 Å². The fraction of sp³-hybridized carbons (Fsp3) is 0.444. The summed E-state index contributed by atoms with van der Waals surface area (Å²) < 4.78 is 12.0. The number of benzene rings is 1. The largest absolute Gasteiger partial charge is 0.467 e. The summed E-state index contributed by atoms with van der Waals surface area (Å²) in [5, 5.41) is 3.00. The summed E-state index contributed by atoms with van der Waals surface area (Å²) in [6.45, 7) is 6.10. The topological polar surface area (TPSA) is 88.8 Å². The molecule has 34 heavy (non-hydrogen) atoms. The summed E-state index contributed by atoms with van der Waals surface area (Å²) in [6.07, 6.45) is 5.06. The minimum Gasteiger partial charge on any atom is -0.467 e. The number of nitrogens with one attached hydrogen (secondary N) is 1. The van der Waals surface area contributed by atoms with E-state index in [1.54, 1.807) is 23.3 Å². The predicted molar refractivity (Wildman–Crippen MR) is 124 cm³/mol. The van der Waals surface area contributed by atoms with Gasteiger partial charge in [-0.25, -0.2) is 0 Å². The second-order valence-electron chi connectivity index (χ2n) is 10.2. The van der Waals surface area contributed by atoms with Gasteiger partial charge in [0.05, 0.1) is 36.3 Å². The van der Waals surface area contributed by atoms with E-state index in [0.29, 0.717) is 17.4 Å². The van der Waals surface area contributed by atoms with E-state index in [4.69, 9.17) is 9.15 Å². The fourth-order valence-corrected chi connectivity index (χ4v) is 6.44. The number of carbonyl (C=O) groups is 3. The Balaban J connectivity index is 1.34. The Morgan fingerprint density at radius 1 is 1.18 bits per heavy atom.